The molecular weight excluding hydrogens is 302 g/mol. The zero-order chi connectivity index (χ0) is 15.1. The van der Waals surface area contributed by atoms with Gasteiger partial charge in [0.15, 0.2) is 0 Å². The van der Waals surface area contributed by atoms with E-state index in [1.165, 1.54) is 10.4 Å². The van der Waals surface area contributed by atoms with Gasteiger partial charge in [-0.05, 0) is 56.1 Å². The van der Waals surface area contributed by atoms with Crippen LogP contribution in [0.5, 0.6) is 5.75 Å². The fraction of sp³-hybridized carbons (Fsp3) is 0.412. The Balaban J connectivity index is 1.82. The van der Waals surface area contributed by atoms with E-state index in [0.717, 1.165) is 36.1 Å². The molecule has 0 saturated carbocycles. The summed E-state index contributed by atoms with van der Waals surface area (Å²) < 4.78 is 6.70. The SMILES string of the molecule is CCNC(CCOc1cccc(C)c1)Cc1ccc(Cl)s1. The molecule has 2 rings (SSSR count). The Morgan fingerprint density at radius 2 is 2.14 bits per heavy atom. The van der Waals surface area contributed by atoms with Crippen LogP contribution in [-0.2, 0) is 6.42 Å². The van der Waals surface area contributed by atoms with Gasteiger partial charge in [-0.1, -0.05) is 30.7 Å². The van der Waals surface area contributed by atoms with E-state index in [1.807, 2.05) is 18.2 Å². The predicted molar refractivity (Wildman–Crippen MR) is 91.8 cm³/mol. The van der Waals surface area contributed by atoms with E-state index in [-0.39, 0.29) is 0 Å². The molecule has 1 unspecified atom stereocenters. The van der Waals surface area contributed by atoms with Gasteiger partial charge in [0.25, 0.3) is 0 Å². The second kappa shape index (κ2) is 8.42. The third-order valence-electron chi connectivity index (χ3n) is 3.29. The van der Waals surface area contributed by atoms with Crippen molar-refractivity contribution in [2.45, 2.75) is 32.7 Å². The first-order valence-corrected chi connectivity index (χ1v) is 8.54. The van der Waals surface area contributed by atoms with Crippen LogP contribution in [0.25, 0.3) is 0 Å². The number of benzene rings is 1. The van der Waals surface area contributed by atoms with E-state index in [4.69, 9.17) is 16.3 Å². The summed E-state index contributed by atoms with van der Waals surface area (Å²) >= 11 is 7.65. The third kappa shape index (κ3) is 5.70. The zero-order valence-corrected chi connectivity index (χ0v) is 14.1. The van der Waals surface area contributed by atoms with E-state index in [2.05, 4.69) is 37.4 Å². The van der Waals surface area contributed by atoms with Crippen molar-refractivity contribution in [3.05, 3.63) is 51.2 Å². The lowest BCUT2D eigenvalue weighted by atomic mass is 10.1. The molecule has 1 heterocycles. The van der Waals surface area contributed by atoms with E-state index in [9.17, 15) is 0 Å². The maximum absolute atomic E-state index is 5.99. The maximum Gasteiger partial charge on any atom is 0.119 e. The van der Waals surface area contributed by atoms with Gasteiger partial charge in [0.05, 0.1) is 10.9 Å². The van der Waals surface area contributed by atoms with Crippen LogP contribution in [0, 0.1) is 6.92 Å². The minimum absolute atomic E-state index is 0.425. The quantitative estimate of drug-likeness (QED) is 0.760. The summed E-state index contributed by atoms with van der Waals surface area (Å²) in [6.45, 7) is 5.90. The molecule has 0 bridgehead atoms. The van der Waals surface area contributed by atoms with Crippen molar-refractivity contribution in [1.29, 1.82) is 0 Å². The van der Waals surface area contributed by atoms with Crippen LogP contribution >= 0.6 is 22.9 Å². The van der Waals surface area contributed by atoms with Crippen molar-refractivity contribution in [1.82, 2.24) is 5.32 Å². The number of ether oxygens (including phenoxy) is 1. The molecule has 1 aromatic heterocycles. The fourth-order valence-electron chi connectivity index (χ4n) is 2.29. The lowest BCUT2D eigenvalue weighted by molar-refractivity contribution is 0.286. The van der Waals surface area contributed by atoms with Gasteiger partial charge in [0, 0.05) is 10.9 Å². The molecule has 0 aliphatic carbocycles. The van der Waals surface area contributed by atoms with Gasteiger partial charge in [-0.3, -0.25) is 0 Å². The van der Waals surface area contributed by atoms with Crippen molar-refractivity contribution in [2.24, 2.45) is 0 Å². The molecule has 0 spiro atoms. The lowest BCUT2D eigenvalue weighted by Crippen LogP contribution is -2.32. The molecule has 0 amide bonds. The molecule has 4 heteroatoms. The van der Waals surface area contributed by atoms with Crippen LogP contribution in [0.2, 0.25) is 4.34 Å². The van der Waals surface area contributed by atoms with Gasteiger partial charge >= 0.3 is 0 Å². The number of aryl methyl sites for hydroxylation is 1. The Bertz CT molecular complexity index is 555. The summed E-state index contributed by atoms with van der Waals surface area (Å²) in [5.41, 5.74) is 1.23. The van der Waals surface area contributed by atoms with Gasteiger partial charge in [-0.15, -0.1) is 11.3 Å². The molecule has 0 saturated heterocycles. The topological polar surface area (TPSA) is 21.3 Å². The van der Waals surface area contributed by atoms with Crippen LogP contribution in [0.1, 0.15) is 23.8 Å². The Hall–Kier alpha value is -1.03. The minimum atomic E-state index is 0.425. The highest BCUT2D eigenvalue weighted by molar-refractivity contribution is 7.16. The van der Waals surface area contributed by atoms with Gasteiger partial charge in [0.1, 0.15) is 5.75 Å². The summed E-state index contributed by atoms with van der Waals surface area (Å²) in [6, 6.07) is 12.7. The van der Waals surface area contributed by atoms with E-state index in [1.54, 1.807) is 11.3 Å². The number of hydrogen-bond donors (Lipinski definition) is 1. The van der Waals surface area contributed by atoms with Crippen molar-refractivity contribution >= 4 is 22.9 Å². The third-order valence-corrected chi connectivity index (χ3v) is 4.55. The van der Waals surface area contributed by atoms with Crippen LogP contribution in [0.3, 0.4) is 0 Å². The summed E-state index contributed by atoms with van der Waals surface area (Å²) in [6.07, 6.45) is 1.99. The van der Waals surface area contributed by atoms with Gasteiger partial charge in [0.2, 0.25) is 0 Å². The standard InChI is InChI=1S/C17H22ClNOS/c1-3-19-14(12-16-7-8-17(18)21-16)9-10-20-15-6-4-5-13(2)11-15/h4-8,11,14,19H,3,9-10,12H2,1-2H3. The molecule has 0 radical (unpaired) electrons. The van der Waals surface area contributed by atoms with Crippen molar-refractivity contribution < 1.29 is 4.74 Å². The highest BCUT2D eigenvalue weighted by atomic mass is 35.5. The molecule has 0 aliphatic heterocycles. The van der Waals surface area contributed by atoms with Crippen molar-refractivity contribution in [3.8, 4) is 5.75 Å². The molecule has 21 heavy (non-hydrogen) atoms. The van der Waals surface area contributed by atoms with Crippen molar-refractivity contribution in [3.63, 3.8) is 0 Å². The number of rotatable bonds is 8. The smallest absolute Gasteiger partial charge is 0.119 e. The summed E-state index contributed by atoms with van der Waals surface area (Å²) in [4.78, 5) is 1.32. The average molecular weight is 324 g/mol. The highest BCUT2D eigenvalue weighted by Crippen LogP contribution is 2.23. The first kappa shape index (κ1) is 16.3. The van der Waals surface area contributed by atoms with E-state index >= 15 is 0 Å². The maximum atomic E-state index is 5.99. The first-order valence-electron chi connectivity index (χ1n) is 7.34. The molecule has 114 valence electrons. The summed E-state index contributed by atoms with van der Waals surface area (Å²) in [5.74, 6) is 0.949. The zero-order valence-electron chi connectivity index (χ0n) is 12.6. The molecule has 1 aromatic carbocycles. The average Bonchev–Trinajstić information content (AvgIpc) is 2.84. The van der Waals surface area contributed by atoms with Crippen LogP contribution in [0.4, 0.5) is 0 Å². The highest BCUT2D eigenvalue weighted by Gasteiger charge is 2.10. The monoisotopic (exact) mass is 323 g/mol. The summed E-state index contributed by atoms with van der Waals surface area (Å²) in [5, 5.41) is 3.52. The second-order valence-corrected chi connectivity index (χ2v) is 6.92. The molecule has 1 N–H and O–H groups in total. The first-order chi connectivity index (χ1) is 10.2. The molecule has 0 fully saturated rings. The number of halogens is 1. The Labute approximate surface area is 136 Å². The largest absolute Gasteiger partial charge is 0.494 e. The molecule has 2 aromatic rings. The predicted octanol–water partition coefficient (Wildman–Crippen LogP) is 4.70. The number of nitrogens with one attached hydrogen (secondary N) is 1. The Morgan fingerprint density at radius 1 is 1.29 bits per heavy atom. The van der Waals surface area contributed by atoms with Crippen LogP contribution in [-0.4, -0.2) is 19.2 Å². The fourth-order valence-corrected chi connectivity index (χ4v) is 3.46. The molecular formula is C17H22ClNOS. The van der Waals surface area contributed by atoms with Gasteiger partial charge in [-0.2, -0.15) is 0 Å². The van der Waals surface area contributed by atoms with E-state index < -0.39 is 0 Å². The van der Waals surface area contributed by atoms with Crippen LogP contribution < -0.4 is 10.1 Å². The molecule has 0 aliphatic rings. The minimum Gasteiger partial charge on any atom is -0.494 e. The normalized spacial score (nSPS) is 12.3. The second-order valence-electron chi connectivity index (χ2n) is 5.12. The summed E-state index contributed by atoms with van der Waals surface area (Å²) in [7, 11) is 0. The number of thiophene rings is 1. The lowest BCUT2D eigenvalue weighted by Gasteiger charge is -2.17. The molecule has 2 nitrogen and oxygen atoms in total. The molecule has 1 atom stereocenters. The van der Waals surface area contributed by atoms with Gasteiger partial charge in [-0.25, -0.2) is 0 Å². The van der Waals surface area contributed by atoms with Gasteiger partial charge < -0.3 is 10.1 Å². The van der Waals surface area contributed by atoms with Crippen LogP contribution in [0.15, 0.2) is 36.4 Å². The Kier molecular flexibility index (Phi) is 6.55. The Morgan fingerprint density at radius 3 is 2.81 bits per heavy atom. The van der Waals surface area contributed by atoms with E-state index in [0.29, 0.717) is 6.04 Å². The number of likely N-dealkylation sites (N-methyl/N-ethyl adjacent to an activating group) is 1. The van der Waals surface area contributed by atoms with Crippen molar-refractivity contribution in [2.75, 3.05) is 13.2 Å². The number of hydrogen-bond acceptors (Lipinski definition) is 3.